The van der Waals surface area contributed by atoms with Gasteiger partial charge in [0.15, 0.2) is 5.82 Å². The van der Waals surface area contributed by atoms with Crippen LogP contribution in [0.3, 0.4) is 0 Å². The van der Waals surface area contributed by atoms with Crippen LogP contribution in [-0.2, 0) is 11.2 Å². The van der Waals surface area contributed by atoms with Crippen molar-refractivity contribution in [1.29, 1.82) is 0 Å². The summed E-state index contributed by atoms with van der Waals surface area (Å²) in [4.78, 5) is 4.26. The van der Waals surface area contributed by atoms with Gasteiger partial charge < -0.3 is 15.0 Å². The Morgan fingerprint density at radius 3 is 3.07 bits per heavy atom. The summed E-state index contributed by atoms with van der Waals surface area (Å²) in [5, 5.41) is 3.86. The number of ether oxygens (including phenoxy) is 1. The first-order valence-corrected chi connectivity index (χ1v) is 5.45. The maximum absolute atomic E-state index is 5.83. The predicted molar refractivity (Wildman–Crippen MR) is 54.1 cm³/mol. The number of rotatable bonds is 6. The van der Waals surface area contributed by atoms with Gasteiger partial charge in [-0.05, 0) is 25.7 Å². The molecule has 0 amide bonds. The summed E-state index contributed by atoms with van der Waals surface area (Å²) in [6.45, 7) is 3.03. The minimum absolute atomic E-state index is 0.276. The number of aromatic nitrogens is 2. The summed E-state index contributed by atoms with van der Waals surface area (Å²) in [5.74, 6) is 2.01. The summed E-state index contributed by atoms with van der Waals surface area (Å²) >= 11 is 0. The molecule has 1 aliphatic rings. The van der Waals surface area contributed by atoms with Crippen LogP contribution in [0.5, 0.6) is 0 Å². The molecular formula is C10H17N3O2. The van der Waals surface area contributed by atoms with Gasteiger partial charge in [0.05, 0.1) is 12.6 Å². The van der Waals surface area contributed by atoms with E-state index in [-0.39, 0.29) is 6.04 Å². The van der Waals surface area contributed by atoms with Gasteiger partial charge in [0, 0.05) is 13.0 Å². The molecule has 1 atom stereocenters. The van der Waals surface area contributed by atoms with Crippen molar-refractivity contribution in [3.63, 3.8) is 0 Å². The van der Waals surface area contributed by atoms with Gasteiger partial charge in [0.2, 0.25) is 5.89 Å². The lowest BCUT2D eigenvalue weighted by molar-refractivity contribution is 0.130. The Kier molecular flexibility index (Phi) is 3.33. The van der Waals surface area contributed by atoms with Crippen LogP contribution in [0, 0.1) is 5.92 Å². The monoisotopic (exact) mass is 211 g/mol. The van der Waals surface area contributed by atoms with E-state index in [4.69, 9.17) is 15.0 Å². The summed E-state index contributed by atoms with van der Waals surface area (Å²) < 4.78 is 10.3. The second kappa shape index (κ2) is 4.72. The number of hydrogen-bond acceptors (Lipinski definition) is 5. The standard InChI is InChI=1S/C10H17N3O2/c1-2-14-6-8(11)10-12-9(15-13-10)5-7-3-4-7/h7-8H,2-6,11H2,1H3. The van der Waals surface area contributed by atoms with Crippen LogP contribution in [0.15, 0.2) is 4.52 Å². The van der Waals surface area contributed by atoms with Crippen molar-refractivity contribution in [3.8, 4) is 0 Å². The lowest BCUT2D eigenvalue weighted by Crippen LogP contribution is -2.18. The molecule has 1 heterocycles. The zero-order valence-electron chi connectivity index (χ0n) is 8.98. The van der Waals surface area contributed by atoms with Gasteiger partial charge in [-0.2, -0.15) is 4.98 Å². The fourth-order valence-electron chi connectivity index (χ4n) is 1.39. The maximum Gasteiger partial charge on any atom is 0.226 e. The van der Waals surface area contributed by atoms with Crippen molar-refractivity contribution in [2.75, 3.05) is 13.2 Å². The van der Waals surface area contributed by atoms with Crippen LogP contribution in [0.1, 0.15) is 37.5 Å². The predicted octanol–water partition coefficient (Wildman–Crippen LogP) is 1.06. The van der Waals surface area contributed by atoms with Crippen LogP contribution >= 0.6 is 0 Å². The fourth-order valence-corrected chi connectivity index (χ4v) is 1.39. The molecule has 0 bridgehead atoms. The maximum atomic E-state index is 5.83. The highest BCUT2D eigenvalue weighted by Crippen LogP contribution is 2.32. The molecule has 1 fully saturated rings. The molecule has 2 rings (SSSR count). The third kappa shape index (κ3) is 3.00. The first-order valence-electron chi connectivity index (χ1n) is 5.45. The van der Waals surface area contributed by atoms with Gasteiger partial charge >= 0.3 is 0 Å². The van der Waals surface area contributed by atoms with Gasteiger partial charge in [0.25, 0.3) is 0 Å². The molecule has 1 aromatic rings. The first-order chi connectivity index (χ1) is 7.29. The third-order valence-corrected chi connectivity index (χ3v) is 2.48. The lowest BCUT2D eigenvalue weighted by Gasteiger charge is -2.05. The summed E-state index contributed by atoms with van der Waals surface area (Å²) in [5.41, 5.74) is 5.83. The van der Waals surface area contributed by atoms with E-state index in [1.54, 1.807) is 0 Å². The van der Waals surface area contributed by atoms with Gasteiger partial charge in [0.1, 0.15) is 0 Å². The van der Waals surface area contributed by atoms with E-state index in [0.29, 0.717) is 24.9 Å². The summed E-state index contributed by atoms with van der Waals surface area (Å²) in [6.07, 6.45) is 3.46. The molecule has 84 valence electrons. The second-order valence-electron chi connectivity index (χ2n) is 3.96. The summed E-state index contributed by atoms with van der Waals surface area (Å²) in [6, 6.07) is -0.276. The van der Waals surface area contributed by atoms with Crippen molar-refractivity contribution in [2.24, 2.45) is 11.7 Å². The van der Waals surface area contributed by atoms with Crippen LogP contribution in [0.4, 0.5) is 0 Å². The zero-order chi connectivity index (χ0) is 10.7. The fraction of sp³-hybridized carbons (Fsp3) is 0.800. The number of nitrogens with zero attached hydrogens (tertiary/aromatic N) is 2. The highest BCUT2D eigenvalue weighted by atomic mass is 16.5. The Hall–Kier alpha value is -0.940. The molecule has 1 aliphatic carbocycles. The van der Waals surface area contributed by atoms with E-state index in [1.807, 2.05) is 6.92 Å². The number of nitrogens with two attached hydrogens (primary N) is 1. The van der Waals surface area contributed by atoms with Crippen molar-refractivity contribution < 1.29 is 9.26 Å². The van der Waals surface area contributed by atoms with Crippen LogP contribution in [0.25, 0.3) is 0 Å². The van der Waals surface area contributed by atoms with Gasteiger partial charge in [-0.1, -0.05) is 5.16 Å². The van der Waals surface area contributed by atoms with Crippen molar-refractivity contribution in [1.82, 2.24) is 10.1 Å². The van der Waals surface area contributed by atoms with E-state index in [0.717, 1.165) is 12.3 Å². The Morgan fingerprint density at radius 2 is 2.40 bits per heavy atom. The van der Waals surface area contributed by atoms with E-state index in [1.165, 1.54) is 12.8 Å². The van der Waals surface area contributed by atoms with E-state index in [2.05, 4.69) is 10.1 Å². The van der Waals surface area contributed by atoms with Gasteiger partial charge in [-0.15, -0.1) is 0 Å². The quantitative estimate of drug-likeness (QED) is 0.761. The largest absolute Gasteiger partial charge is 0.380 e. The molecule has 0 saturated heterocycles. The minimum Gasteiger partial charge on any atom is -0.380 e. The molecule has 1 saturated carbocycles. The Labute approximate surface area is 89.0 Å². The van der Waals surface area contributed by atoms with Crippen LogP contribution in [-0.4, -0.2) is 23.4 Å². The molecule has 5 nitrogen and oxygen atoms in total. The Bertz CT molecular complexity index is 309. The SMILES string of the molecule is CCOCC(N)c1noc(CC2CC2)n1. The first kappa shape index (κ1) is 10.6. The van der Waals surface area contributed by atoms with E-state index in [9.17, 15) is 0 Å². The molecular weight excluding hydrogens is 194 g/mol. The summed E-state index contributed by atoms with van der Waals surface area (Å²) in [7, 11) is 0. The highest BCUT2D eigenvalue weighted by Gasteiger charge is 2.25. The molecule has 2 N–H and O–H groups in total. The molecule has 1 unspecified atom stereocenters. The molecule has 0 aromatic carbocycles. The molecule has 0 spiro atoms. The zero-order valence-corrected chi connectivity index (χ0v) is 8.98. The van der Waals surface area contributed by atoms with Crippen molar-refractivity contribution in [2.45, 2.75) is 32.2 Å². The highest BCUT2D eigenvalue weighted by molar-refractivity contribution is 4.95. The Morgan fingerprint density at radius 1 is 1.60 bits per heavy atom. The lowest BCUT2D eigenvalue weighted by atomic mass is 10.3. The topological polar surface area (TPSA) is 74.2 Å². The minimum atomic E-state index is -0.276. The Balaban J connectivity index is 1.86. The molecule has 0 radical (unpaired) electrons. The third-order valence-electron chi connectivity index (χ3n) is 2.48. The average molecular weight is 211 g/mol. The van der Waals surface area contributed by atoms with Crippen molar-refractivity contribution >= 4 is 0 Å². The molecule has 15 heavy (non-hydrogen) atoms. The smallest absolute Gasteiger partial charge is 0.226 e. The second-order valence-corrected chi connectivity index (χ2v) is 3.96. The van der Waals surface area contributed by atoms with Gasteiger partial charge in [-0.3, -0.25) is 0 Å². The van der Waals surface area contributed by atoms with Crippen LogP contribution < -0.4 is 5.73 Å². The van der Waals surface area contributed by atoms with Gasteiger partial charge in [-0.25, -0.2) is 0 Å². The average Bonchev–Trinajstić information content (AvgIpc) is 2.91. The molecule has 1 aromatic heterocycles. The number of hydrogen-bond donors (Lipinski definition) is 1. The molecule has 5 heteroatoms. The normalized spacial score (nSPS) is 18.0. The molecule has 0 aliphatic heterocycles. The van der Waals surface area contributed by atoms with Crippen molar-refractivity contribution in [3.05, 3.63) is 11.7 Å². The van der Waals surface area contributed by atoms with E-state index < -0.39 is 0 Å². The van der Waals surface area contributed by atoms with Crippen LogP contribution in [0.2, 0.25) is 0 Å². The van der Waals surface area contributed by atoms with E-state index >= 15 is 0 Å².